The van der Waals surface area contributed by atoms with E-state index >= 15 is 0 Å². The Kier molecular flexibility index (Phi) is 4.69. The van der Waals surface area contributed by atoms with Crippen LogP contribution in [0.4, 0.5) is 5.00 Å². The number of H-pyrrole nitrogens is 1. The average Bonchev–Trinajstić information content (AvgIpc) is 2.93. The molecule has 2 aromatic heterocycles. The third-order valence-electron chi connectivity index (χ3n) is 2.56. The maximum Gasteiger partial charge on any atom is 0.344 e. The SMILES string of the molecule is NC(=O)c1ccsc1NC(=O)COC(=O)c1ccc[nH]c1=O. The predicted octanol–water partition coefficient (Wildman–Crippen LogP) is 0.331. The molecule has 2 rings (SSSR count). The van der Waals surface area contributed by atoms with Crippen molar-refractivity contribution in [2.75, 3.05) is 11.9 Å². The normalized spacial score (nSPS) is 10.0. The molecular formula is C13H11N3O5S. The molecule has 0 spiro atoms. The molecule has 22 heavy (non-hydrogen) atoms. The lowest BCUT2D eigenvalue weighted by Crippen LogP contribution is -2.25. The van der Waals surface area contributed by atoms with E-state index in [2.05, 4.69) is 10.3 Å². The Morgan fingerprint density at radius 2 is 2.05 bits per heavy atom. The van der Waals surface area contributed by atoms with Crippen molar-refractivity contribution in [3.05, 3.63) is 51.3 Å². The van der Waals surface area contributed by atoms with Crippen molar-refractivity contribution in [2.24, 2.45) is 5.73 Å². The van der Waals surface area contributed by atoms with Gasteiger partial charge in [0.05, 0.1) is 5.56 Å². The largest absolute Gasteiger partial charge is 0.452 e. The van der Waals surface area contributed by atoms with E-state index in [9.17, 15) is 19.2 Å². The number of hydrogen-bond donors (Lipinski definition) is 3. The van der Waals surface area contributed by atoms with Gasteiger partial charge in [-0.15, -0.1) is 11.3 Å². The monoisotopic (exact) mass is 321 g/mol. The Morgan fingerprint density at radius 1 is 1.27 bits per heavy atom. The van der Waals surface area contributed by atoms with E-state index in [4.69, 9.17) is 10.5 Å². The van der Waals surface area contributed by atoms with Crippen LogP contribution in [0.3, 0.4) is 0 Å². The molecule has 0 aliphatic carbocycles. The number of ether oxygens (including phenoxy) is 1. The molecule has 114 valence electrons. The second-order valence-electron chi connectivity index (χ2n) is 4.06. The summed E-state index contributed by atoms with van der Waals surface area (Å²) >= 11 is 1.11. The summed E-state index contributed by atoms with van der Waals surface area (Å²) in [6.07, 6.45) is 1.37. The number of carbonyl (C=O) groups excluding carboxylic acids is 3. The van der Waals surface area contributed by atoms with E-state index in [1.165, 1.54) is 24.4 Å². The molecule has 4 N–H and O–H groups in total. The smallest absolute Gasteiger partial charge is 0.344 e. The minimum absolute atomic E-state index is 0.171. The fourth-order valence-electron chi connectivity index (χ4n) is 1.55. The summed E-state index contributed by atoms with van der Waals surface area (Å²) in [5.74, 6) is -2.24. The van der Waals surface area contributed by atoms with Gasteiger partial charge in [0.25, 0.3) is 17.4 Å². The van der Waals surface area contributed by atoms with Gasteiger partial charge in [-0.3, -0.25) is 14.4 Å². The summed E-state index contributed by atoms with van der Waals surface area (Å²) in [6, 6.07) is 4.21. The van der Waals surface area contributed by atoms with Crippen molar-refractivity contribution < 1.29 is 19.1 Å². The minimum atomic E-state index is -0.918. The number of carbonyl (C=O) groups is 3. The van der Waals surface area contributed by atoms with Gasteiger partial charge in [0.15, 0.2) is 6.61 Å². The molecule has 0 aromatic carbocycles. The van der Waals surface area contributed by atoms with E-state index in [0.717, 1.165) is 11.3 Å². The number of hydrogen-bond acceptors (Lipinski definition) is 6. The van der Waals surface area contributed by atoms with Crippen LogP contribution in [0.25, 0.3) is 0 Å². The highest BCUT2D eigenvalue weighted by Gasteiger charge is 2.16. The number of amides is 2. The van der Waals surface area contributed by atoms with Crippen LogP contribution < -0.4 is 16.6 Å². The molecule has 0 aliphatic heterocycles. The lowest BCUT2D eigenvalue weighted by Gasteiger charge is -2.05. The molecule has 0 saturated carbocycles. The standard InChI is InChI=1S/C13H11N3O5S/c14-10(18)7-3-5-22-12(7)16-9(17)6-21-13(20)8-2-1-4-15-11(8)19/h1-5H,6H2,(H2,14,18)(H,15,19)(H,16,17). The Bertz CT molecular complexity index is 780. The third kappa shape index (κ3) is 3.58. The molecule has 9 heteroatoms. The van der Waals surface area contributed by atoms with Crippen molar-refractivity contribution in [2.45, 2.75) is 0 Å². The molecule has 0 radical (unpaired) electrons. The second-order valence-corrected chi connectivity index (χ2v) is 4.98. The highest BCUT2D eigenvalue weighted by atomic mass is 32.1. The lowest BCUT2D eigenvalue weighted by molar-refractivity contribution is -0.119. The average molecular weight is 321 g/mol. The van der Waals surface area contributed by atoms with Gasteiger partial charge in [-0.25, -0.2) is 4.79 Å². The number of esters is 1. The van der Waals surface area contributed by atoms with Crippen LogP contribution in [0.2, 0.25) is 0 Å². The molecule has 0 unspecified atom stereocenters. The van der Waals surface area contributed by atoms with Crippen LogP contribution in [-0.2, 0) is 9.53 Å². The number of primary amides is 1. The third-order valence-corrected chi connectivity index (χ3v) is 3.39. The minimum Gasteiger partial charge on any atom is -0.452 e. The molecule has 2 heterocycles. The van der Waals surface area contributed by atoms with Crippen molar-refractivity contribution in [3.8, 4) is 0 Å². The maximum atomic E-state index is 11.7. The van der Waals surface area contributed by atoms with Crippen LogP contribution >= 0.6 is 11.3 Å². The summed E-state index contributed by atoms with van der Waals surface area (Å²) in [5, 5.41) is 4.27. The molecule has 0 saturated heterocycles. The number of nitrogens with two attached hydrogens (primary N) is 1. The van der Waals surface area contributed by atoms with Crippen LogP contribution in [-0.4, -0.2) is 29.4 Å². The van der Waals surface area contributed by atoms with Gasteiger partial charge in [0, 0.05) is 6.20 Å². The Balaban J connectivity index is 1.95. The Hall–Kier alpha value is -2.94. The van der Waals surface area contributed by atoms with E-state index in [0.29, 0.717) is 0 Å². The summed E-state index contributed by atoms with van der Waals surface area (Å²) in [4.78, 5) is 48.1. The van der Waals surface area contributed by atoms with E-state index in [1.54, 1.807) is 5.38 Å². The molecule has 0 atom stereocenters. The number of anilines is 1. The van der Waals surface area contributed by atoms with Crippen LogP contribution in [0, 0.1) is 0 Å². The first kappa shape index (κ1) is 15.4. The Labute approximate surface area is 127 Å². The molecule has 0 aliphatic rings. The number of rotatable bonds is 5. The molecule has 8 nitrogen and oxygen atoms in total. The van der Waals surface area contributed by atoms with Gasteiger partial charge in [-0.05, 0) is 23.6 Å². The number of pyridine rings is 1. The van der Waals surface area contributed by atoms with Crippen molar-refractivity contribution >= 4 is 34.1 Å². The zero-order chi connectivity index (χ0) is 16.1. The quantitative estimate of drug-likeness (QED) is 0.683. The molecule has 0 bridgehead atoms. The summed E-state index contributed by atoms with van der Waals surface area (Å²) in [6.45, 7) is -0.594. The van der Waals surface area contributed by atoms with Gasteiger partial charge in [-0.2, -0.15) is 0 Å². The van der Waals surface area contributed by atoms with Gasteiger partial charge in [0.2, 0.25) is 0 Å². The zero-order valence-corrected chi connectivity index (χ0v) is 11.9. The molecular weight excluding hydrogens is 310 g/mol. The highest BCUT2D eigenvalue weighted by Crippen LogP contribution is 2.22. The second kappa shape index (κ2) is 6.68. The summed E-state index contributed by atoms with van der Waals surface area (Å²) < 4.78 is 4.74. The van der Waals surface area contributed by atoms with Crippen molar-refractivity contribution in [1.82, 2.24) is 4.98 Å². The predicted molar refractivity (Wildman–Crippen MR) is 78.8 cm³/mol. The van der Waals surface area contributed by atoms with E-state index < -0.39 is 29.9 Å². The molecule has 0 fully saturated rings. The first-order valence-corrected chi connectivity index (χ1v) is 6.89. The van der Waals surface area contributed by atoms with Crippen molar-refractivity contribution in [3.63, 3.8) is 0 Å². The molecule has 2 amide bonds. The molecule has 2 aromatic rings. The fraction of sp³-hybridized carbons (Fsp3) is 0.0769. The van der Waals surface area contributed by atoms with E-state index in [-0.39, 0.29) is 16.1 Å². The first-order valence-electron chi connectivity index (χ1n) is 6.01. The van der Waals surface area contributed by atoms with Gasteiger partial charge < -0.3 is 20.8 Å². The van der Waals surface area contributed by atoms with Crippen molar-refractivity contribution in [1.29, 1.82) is 0 Å². The van der Waals surface area contributed by atoms with Gasteiger partial charge >= 0.3 is 5.97 Å². The maximum absolute atomic E-state index is 11.7. The van der Waals surface area contributed by atoms with Crippen LogP contribution in [0.1, 0.15) is 20.7 Å². The first-order chi connectivity index (χ1) is 10.5. The van der Waals surface area contributed by atoms with Gasteiger partial charge in [-0.1, -0.05) is 0 Å². The summed E-state index contributed by atoms with van der Waals surface area (Å²) in [5.41, 5.74) is 4.50. The summed E-state index contributed by atoms with van der Waals surface area (Å²) in [7, 11) is 0. The van der Waals surface area contributed by atoms with E-state index in [1.807, 2.05) is 0 Å². The zero-order valence-electron chi connectivity index (χ0n) is 11.1. The highest BCUT2D eigenvalue weighted by molar-refractivity contribution is 7.14. The topological polar surface area (TPSA) is 131 Å². The lowest BCUT2D eigenvalue weighted by atomic mass is 10.3. The van der Waals surface area contributed by atoms with Gasteiger partial charge in [0.1, 0.15) is 10.6 Å². The number of aromatic amines is 1. The number of thiophene rings is 1. The fourth-order valence-corrected chi connectivity index (χ4v) is 2.36. The Morgan fingerprint density at radius 3 is 2.73 bits per heavy atom. The van der Waals surface area contributed by atoms with Crippen LogP contribution in [0.15, 0.2) is 34.6 Å². The number of nitrogens with one attached hydrogen (secondary N) is 2. The number of aromatic nitrogens is 1. The van der Waals surface area contributed by atoms with Crippen LogP contribution in [0.5, 0.6) is 0 Å².